The Hall–Kier alpha value is -2.82. The summed E-state index contributed by atoms with van der Waals surface area (Å²) in [6, 6.07) is 7.08. The van der Waals surface area contributed by atoms with E-state index in [0.717, 1.165) is 49.3 Å². The van der Waals surface area contributed by atoms with Crippen LogP contribution in [0.1, 0.15) is 31.9 Å². The number of nitrogens with one attached hydrogen (secondary N) is 1. The van der Waals surface area contributed by atoms with Gasteiger partial charge in [0.1, 0.15) is 5.75 Å². The Morgan fingerprint density at radius 3 is 2.77 bits per heavy atom. The van der Waals surface area contributed by atoms with Gasteiger partial charge in [-0.1, -0.05) is 30.0 Å². The molecule has 1 aromatic rings. The predicted molar refractivity (Wildman–Crippen MR) is 135 cm³/mol. The van der Waals surface area contributed by atoms with E-state index in [4.69, 9.17) is 14.2 Å². The first-order chi connectivity index (χ1) is 17.0. The zero-order valence-electron chi connectivity index (χ0n) is 20.4. The average molecular weight is 501 g/mol. The fourth-order valence-corrected chi connectivity index (χ4v) is 5.40. The number of hydrogen-bond donors (Lipinski definition) is 1. The van der Waals surface area contributed by atoms with Crippen molar-refractivity contribution in [3.05, 3.63) is 52.2 Å². The van der Waals surface area contributed by atoms with Crippen LogP contribution >= 0.6 is 11.8 Å². The van der Waals surface area contributed by atoms with Gasteiger partial charge in [-0.2, -0.15) is 0 Å². The lowest BCUT2D eigenvalue weighted by Crippen LogP contribution is -2.42. The van der Waals surface area contributed by atoms with E-state index in [0.29, 0.717) is 23.6 Å². The van der Waals surface area contributed by atoms with Gasteiger partial charge >= 0.3 is 5.97 Å². The molecular weight excluding hydrogens is 468 g/mol. The van der Waals surface area contributed by atoms with Crippen LogP contribution < -0.4 is 10.1 Å². The number of carbonyl (C=O) groups excluding carboxylic acids is 2. The van der Waals surface area contributed by atoms with Gasteiger partial charge < -0.3 is 24.4 Å². The number of allylic oxidation sites excluding steroid dienone is 1. The summed E-state index contributed by atoms with van der Waals surface area (Å²) in [6.45, 7) is 8.44. The standard InChI is InChI=1S/C25H32N4O5S/c1-4-34-24(31)22-17(2)27-25-29(23(22)19-7-5-6-8-20(19)32-3)18(16-35-25)15-21(30)26-9-10-28-11-13-33-14-12-28/h5-8,16,23H,4,9-15H2,1-3H3,(H,26,30). The maximum Gasteiger partial charge on any atom is 0.338 e. The minimum atomic E-state index is -0.514. The van der Waals surface area contributed by atoms with Crippen LogP contribution in [0.2, 0.25) is 0 Å². The van der Waals surface area contributed by atoms with Crippen molar-refractivity contribution in [1.29, 1.82) is 0 Å². The van der Waals surface area contributed by atoms with Gasteiger partial charge in [0.25, 0.3) is 0 Å². The molecule has 9 nitrogen and oxygen atoms in total. The Kier molecular flexibility index (Phi) is 8.48. The van der Waals surface area contributed by atoms with Crippen molar-refractivity contribution < 1.29 is 23.8 Å². The molecule has 1 amide bonds. The molecule has 3 aliphatic rings. The van der Waals surface area contributed by atoms with Gasteiger partial charge in [0, 0.05) is 37.4 Å². The van der Waals surface area contributed by atoms with Crippen LogP contribution in [0.5, 0.6) is 5.75 Å². The Morgan fingerprint density at radius 2 is 2.03 bits per heavy atom. The monoisotopic (exact) mass is 500 g/mol. The van der Waals surface area contributed by atoms with E-state index in [1.54, 1.807) is 14.0 Å². The molecule has 0 saturated carbocycles. The van der Waals surface area contributed by atoms with E-state index < -0.39 is 12.0 Å². The second-order valence-corrected chi connectivity index (χ2v) is 9.17. The van der Waals surface area contributed by atoms with Crippen molar-refractivity contribution in [2.24, 2.45) is 4.99 Å². The van der Waals surface area contributed by atoms with Crippen LogP contribution in [0, 0.1) is 0 Å². The molecule has 0 spiro atoms. The maximum atomic E-state index is 13.1. The molecule has 1 N–H and O–H groups in total. The van der Waals surface area contributed by atoms with E-state index in [-0.39, 0.29) is 18.9 Å². The molecule has 188 valence electrons. The number of methoxy groups -OCH3 is 1. The number of rotatable bonds is 9. The normalized spacial score (nSPS) is 20.2. The predicted octanol–water partition coefficient (Wildman–Crippen LogP) is 2.67. The Balaban J connectivity index is 1.55. The van der Waals surface area contributed by atoms with Crippen LogP contribution in [0.25, 0.3) is 0 Å². The van der Waals surface area contributed by atoms with Gasteiger partial charge in [-0.05, 0) is 25.3 Å². The minimum Gasteiger partial charge on any atom is -0.496 e. The molecule has 0 aliphatic carbocycles. The first-order valence-electron chi connectivity index (χ1n) is 11.8. The molecule has 0 bridgehead atoms. The van der Waals surface area contributed by atoms with Crippen molar-refractivity contribution in [2.75, 3.05) is 53.1 Å². The van der Waals surface area contributed by atoms with Gasteiger partial charge in [-0.3, -0.25) is 9.69 Å². The SMILES string of the molecule is CCOC(=O)C1=C(C)N=C2SC=C(CC(=O)NCCN3CCOCC3)N2C1c1ccccc1OC. The third-order valence-corrected chi connectivity index (χ3v) is 7.01. The zero-order chi connectivity index (χ0) is 24.8. The van der Waals surface area contributed by atoms with Crippen LogP contribution in [-0.4, -0.2) is 80.0 Å². The second-order valence-electron chi connectivity index (χ2n) is 8.34. The maximum absolute atomic E-state index is 13.1. The number of ether oxygens (including phenoxy) is 3. The zero-order valence-corrected chi connectivity index (χ0v) is 21.2. The van der Waals surface area contributed by atoms with Crippen LogP contribution in [0.4, 0.5) is 0 Å². The number of carbonyl (C=O) groups is 2. The molecular formula is C25H32N4O5S. The summed E-state index contributed by atoms with van der Waals surface area (Å²) in [5, 5.41) is 5.69. The average Bonchev–Trinajstić information content (AvgIpc) is 3.25. The van der Waals surface area contributed by atoms with Crippen LogP contribution in [-0.2, 0) is 19.1 Å². The molecule has 0 aromatic heterocycles. The summed E-state index contributed by atoms with van der Waals surface area (Å²) in [7, 11) is 1.61. The summed E-state index contributed by atoms with van der Waals surface area (Å²) in [5.74, 6) is 0.156. The topological polar surface area (TPSA) is 92.7 Å². The molecule has 3 aliphatic heterocycles. The van der Waals surface area contributed by atoms with Crippen LogP contribution in [0.15, 0.2) is 51.6 Å². The van der Waals surface area contributed by atoms with Crippen LogP contribution in [0.3, 0.4) is 0 Å². The largest absolute Gasteiger partial charge is 0.496 e. The Labute approximate surface area is 210 Å². The first kappa shape index (κ1) is 25.3. The van der Waals surface area contributed by atoms with Gasteiger partial charge in [0.15, 0.2) is 5.17 Å². The Bertz CT molecular complexity index is 1050. The lowest BCUT2D eigenvalue weighted by Gasteiger charge is -2.36. The number of thioether (sulfide) groups is 1. The van der Waals surface area contributed by atoms with Gasteiger partial charge in [-0.15, -0.1) is 0 Å². The number of esters is 1. The molecule has 0 radical (unpaired) electrons. The smallest absolute Gasteiger partial charge is 0.338 e. The number of hydrogen-bond acceptors (Lipinski definition) is 9. The van der Waals surface area contributed by atoms with Gasteiger partial charge in [0.05, 0.1) is 50.7 Å². The van der Waals surface area contributed by atoms with Crippen molar-refractivity contribution in [2.45, 2.75) is 26.3 Å². The highest BCUT2D eigenvalue weighted by molar-refractivity contribution is 8.16. The molecule has 3 heterocycles. The van der Waals surface area contributed by atoms with Crippen molar-refractivity contribution in [3.63, 3.8) is 0 Å². The first-order valence-corrected chi connectivity index (χ1v) is 12.7. The lowest BCUT2D eigenvalue weighted by molar-refractivity contribution is -0.139. The minimum absolute atomic E-state index is 0.0749. The Morgan fingerprint density at radius 1 is 1.26 bits per heavy atom. The van der Waals surface area contributed by atoms with Crippen molar-refractivity contribution in [1.82, 2.24) is 15.1 Å². The number of amides is 1. The number of nitrogens with zero attached hydrogens (tertiary/aromatic N) is 3. The summed E-state index contributed by atoms with van der Waals surface area (Å²) in [4.78, 5) is 34.9. The third-order valence-electron chi connectivity index (χ3n) is 6.13. The summed E-state index contributed by atoms with van der Waals surface area (Å²) >= 11 is 1.45. The van der Waals surface area contributed by atoms with Gasteiger partial charge in [0.2, 0.25) is 5.91 Å². The lowest BCUT2D eigenvalue weighted by atomic mass is 9.93. The molecule has 1 fully saturated rings. The quantitative estimate of drug-likeness (QED) is 0.518. The molecule has 35 heavy (non-hydrogen) atoms. The molecule has 1 unspecified atom stereocenters. The molecule has 1 saturated heterocycles. The number of fused-ring (bicyclic) bond motifs is 1. The molecule has 10 heteroatoms. The number of morpholine rings is 1. The number of para-hydroxylation sites is 1. The summed E-state index contributed by atoms with van der Waals surface area (Å²) < 4.78 is 16.4. The van der Waals surface area contributed by atoms with Gasteiger partial charge in [-0.25, -0.2) is 9.79 Å². The highest BCUT2D eigenvalue weighted by Crippen LogP contribution is 2.46. The molecule has 4 rings (SSSR count). The van der Waals surface area contributed by atoms with E-state index in [9.17, 15) is 9.59 Å². The summed E-state index contributed by atoms with van der Waals surface area (Å²) in [5.41, 5.74) is 2.64. The fraction of sp³-hybridized carbons (Fsp3) is 0.480. The number of amidine groups is 1. The highest BCUT2D eigenvalue weighted by Gasteiger charge is 2.42. The van der Waals surface area contributed by atoms with E-state index in [1.165, 1.54) is 11.8 Å². The highest BCUT2D eigenvalue weighted by atomic mass is 32.2. The van der Waals surface area contributed by atoms with E-state index in [1.807, 2.05) is 41.5 Å². The third kappa shape index (κ3) is 5.71. The van der Waals surface area contributed by atoms with Crippen molar-refractivity contribution >= 4 is 28.8 Å². The molecule has 1 aromatic carbocycles. The number of benzene rings is 1. The molecule has 1 atom stereocenters. The van der Waals surface area contributed by atoms with E-state index >= 15 is 0 Å². The van der Waals surface area contributed by atoms with E-state index in [2.05, 4.69) is 15.2 Å². The fourth-order valence-electron chi connectivity index (χ4n) is 4.43. The number of aliphatic imine (C=N–C) groups is 1. The summed E-state index contributed by atoms with van der Waals surface area (Å²) in [6.07, 6.45) is 0.177. The van der Waals surface area contributed by atoms with Crippen molar-refractivity contribution in [3.8, 4) is 5.75 Å². The second kappa shape index (κ2) is 11.7.